The van der Waals surface area contributed by atoms with Crippen molar-refractivity contribution in [2.24, 2.45) is 5.41 Å². The maximum Gasteiger partial charge on any atom is 0.317 e. The fourth-order valence-electron chi connectivity index (χ4n) is 2.90. The highest BCUT2D eigenvalue weighted by molar-refractivity contribution is 6.02. The molecule has 2 atom stereocenters. The molecule has 1 aromatic rings. The molecule has 2 heteroatoms. The number of carbonyl (C=O) groups is 1. The van der Waals surface area contributed by atoms with Gasteiger partial charge in [0.1, 0.15) is 5.41 Å². The van der Waals surface area contributed by atoms with Gasteiger partial charge in [0.2, 0.25) is 0 Å². The molecule has 0 spiro atoms. The fourth-order valence-corrected chi connectivity index (χ4v) is 2.90. The van der Waals surface area contributed by atoms with Crippen LogP contribution >= 0.6 is 0 Å². The Morgan fingerprint density at radius 2 is 2.31 bits per heavy atom. The highest BCUT2D eigenvalue weighted by Gasteiger charge is 2.67. The van der Waals surface area contributed by atoms with Crippen LogP contribution in [0.3, 0.4) is 0 Å². The number of esters is 1. The molecule has 0 aliphatic heterocycles. The zero-order chi connectivity index (χ0) is 11.3. The molecule has 1 aromatic carbocycles. The first-order chi connectivity index (χ1) is 7.71. The van der Waals surface area contributed by atoms with E-state index in [1.165, 1.54) is 5.56 Å². The van der Waals surface area contributed by atoms with Crippen molar-refractivity contribution in [3.05, 3.63) is 42.0 Å². The topological polar surface area (TPSA) is 26.3 Å². The lowest BCUT2D eigenvalue weighted by Crippen LogP contribution is -2.19. The zero-order valence-electron chi connectivity index (χ0n) is 9.32. The number of carbonyl (C=O) groups excluding carboxylic acids is 1. The third kappa shape index (κ3) is 0.946. The molecule has 0 aromatic heterocycles. The second kappa shape index (κ2) is 2.97. The first kappa shape index (κ1) is 9.64. The number of rotatable bonds is 2. The molecule has 0 heterocycles. The van der Waals surface area contributed by atoms with E-state index < -0.39 is 5.41 Å². The molecule has 2 nitrogen and oxygen atoms in total. The van der Waals surface area contributed by atoms with Crippen molar-refractivity contribution in [3.63, 3.8) is 0 Å². The quantitative estimate of drug-likeness (QED) is 0.707. The highest BCUT2D eigenvalue weighted by Crippen LogP contribution is 2.72. The predicted molar refractivity (Wildman–Crippen MR) is 61.9 cm³/mol. The number of benzene rings is 1. The Balaban J connectivity index is 2.02. The third-order valence-electron chi connectivity index (χ3n) is 3.80. The predicted octanol–water partition coefficient (Wildman–Crippen LogP) is 2.75. The number of hydrogen-bond donors (Lipinski definition) is 0. The van der Waals surface area contributed by atoms with E-state index in [1.54, 1.807) is 0 Å². The summed E-state index contributed by atoms with van der Waals surface area (Å²) < 4.78 is 5.17. The minimum atomic E-state index is -0.417. The summed E-state index contributed by atoms with van der Waals surface area (Å²) in [4.78, 5) is 12.0. The van der Waals surface area contributed by atoms with E-state index in [4.69, 9.17) is 4.74 Å². The van der Waals surface area contributed by atoms with Crippen LogP contribution in [0.15, 0.2) is 30.8 Å². The monoisotopic (exact) mass is 214 g/mol. The van der Waals surface area contributed by atoms with Gasteiger partial charge >= 0.3 is 5.97 Å². The summed E-state index contributed by atoms with van der Waals surface area (Å²) in [6.07, 6.45) is 0.877. The van der Waals surface area contributed by atoms with Crippen LogP contribution in [0.25, 0.3) is 5.57 Å². The molecule has 2 aliphatic rings. The minimum Gasteiger partial charge on any atom is -0.465 e. The molecule has 82 valence electrons. The molecule has 0 bridgehead atoms. The lowest BCUT2D eigenvalue weighted by atomic mass is 9.95. The maximum absolute atomic E-state index is 12.0. The molecular weight excluding hydrogens is 200 g/mol. The molecule has 2 unspecified atom stereocenters. The molecule has 0 amide bonds. The van der Waals surface area contributed by atoms with Crippen LogP contribution in [0.5, 0.6) is 0 Å². The molecule has 3 rings (SSSR count). The van der Waals surface area contributed by atoms with Gasteiger partial charge in [-0.15, -0.1) is 0 Å². The standard InChI is InChI=1S/C14H14O2/c1-3-16-13(15)14-8-12(14)11-7-5-4-6-10(11)9(14)2/h4-7,12H,2-3,8H2,1H3. The van der Waals surface area contributed by atoms with Gasteiger partial charge in [0.25, 0.3) is 0 Å². The van der Waals surface area contributed by atoms with E-state index in [-0.39, 0.29) is 5.97 Å². The Kier molecular flexibility index (Phi) is 1.79. The van der Waals surface area contributed by atoms with E-state index in [1.807, 2.05) is 25.1 Å². The summed E-state index contributed by atoms with van der Waals surface area (Å²) in [5.74, 6) is 0.219. The molecule has 2 aliphatic carbocycles. The summed E-state index contributed by atoms with van der Waals surface area (Å²) in [5, 5.41) is 0. The van der Waals surface area contributed by atoms with Crippen molar-refractivity contribution >= 4 is 11.5 Å². The van der Waals surface area contributed by atoms with Gasteiger partial charge in [-0.25, -0.2) is 0 Å². The van der Waals surface area contributed by atoms with Crippen LogP contribution in [0.1, 0.15) is 30.4 Å². The summed E-state index contributed by atoms with van der Waals surface area (Å²) in [7, 11) is 0. The average Bonchev–Trinajstić information content (AvgIpc) is 3.00. The van der Waals surface area contributed by atoms with E-state index in [0.29, 0.717) is 12.5 Å². The van der Waals surface area contributed by atoms with E-state index in [2.05, 4.69) is 12.6 Å². The van der Waals surface area contributed by atoms with Crippen molar-refractivity contribution in [2.75, 3.05) is 6.61 Å². The van der Waals surface area contributed by atoms with Gasteiger partial charge in [0.05, 0.1) is 6.61 Å². The van der Waals surface area contributed by atoms with Gasteiger partial charge in [-0.1, -0.05) is 30.8 Å². The van der Waals surface area contributed by atoms with Crippen molar-refractivity contribution < 1.29 is 9.53 Å². The zero-order valence-corrected chi connectivity index (χ0v) is 9.32. The molecular formula is C14H14O2. The lowest BCUT2D eigenvalue weighted by molar-refractivity contribution is -0.147. The van der Waals surface area contributed by atoms with Gasteiger partial charge < -0.3 is 4.74 Å². The van der Waals surface area contributed by atoms with E-state index >= 15 is 0 Å². The minimum absolute atomic E-state index is 0.0961. The van der Waals surface area contributed by atoms with Gasteiger partial charge in [-0.05, 0) is 30.0 Å². The van der Waals surface area contributed by atoms with Crippen LogP contribution in [0.4, 0.5) is 0 Å². The van der Waals surface area contributed by atoms with Crippen molar-refractivity contribution in [3.8, 4) is 0 Å². The highest BCUT2D eigenvalue weighted by atomic mass is 16.5. The Morgan fingerprint density at radius 3 is 3.00 bits per heavy atom. The Labute approximate surface area is 94.9 Å². The molecule has 0 saturated heterocycles. The van der Waals surface area contributed by atoms with E-state index in [0.717, 1.165) is 17.6 Å². The SMILES string of the molecule is C=C1c2ccccc2C2CC12C(=O)OCC. The van der Waals surface area contributed by atoms with E-state index in [9.17, 15) is 4.79 Å². The molecule has 1 saturated carbocycles. The first-order valence-corrected chi connectivity index (χ1v) is 5.67. The van der Waals surface area contributed by atoms with Crippen LogP contribution in [0, 0.1) is 5.41 Å². The maximum atomic E-state index is 12.0. The Hall–Kier alpha value is -1.57. The second-order valence-electron chi connectivity index (χ2n) is 4.51. The largest absolute Gasteiger partial charge is 0.465 e. The van der Waals surface area contributed by atoms with Crippen molar-refractivity contribution in [1.29, 1.82) is 0 Å². The Morgan fingerprint density at radius 1 is 1.56 bits per heavy atom. The van der Waals surface area contributed by atoms with Crippen LogP contribution < -0.4 is 0 Å². The molecule has 0 radical (unpaired) electrons. The van der Waals surface area contributed by atoms with Gasteiger partial charge in [-0.2, -0.15) is 0 Å². The van der Waals surface area contributed by atoms with Crippen molar-refractivity contribution in [2.45, 2.75) is 19.3 Å². The van der Waals surface area contributed by atoms with Crippen molar-refractivity contribution in [1.82, 2.24) is 0 Å². The summed E-state index contributed by atoms with van der Waals surface area (Å²) in [5.41, 5.74) is 2.94. The van der Waals surface area contributed by atoms with Gasteiger partial charge in [0, 0.05) is 5.92 Å². The van der Waals surface area contributed by atoms with Crippen LogP contribution in [0.2, 0.25) is 0 Å². The summed E-state index contributed by atoms with van der Waals surface area (Å²) in [6.45, 7) is 6.38. The Bertz CT molecular complexity index is 489. The first-order valence-electron chi connectivity index (χ1n) is 5.67. The summed E-state index contributed by atoms with van der Waals surface area (Å²) >= 11 is 0. The third-order valence-corrected chi connectivity index (χ3v) is 3.80. The van der Waals surface area contributed by atoms with Crippen LogP contribution in [-0.2, 0) is 9.53 Å². The van der Waals surface area contributed by atoms with Gasteiger partial charge in [0.15, 0.2) is 0 Å². The number of ether oxygens (including phenoxy) is 1. The summed E-state index contributed by atoms with van der Waals surface area (Å²) in [6, 6.07) is 8.16. The molecule has 1 fully saturated rings. The molecule has 0 N–H and O–H groups in total. The van der Waals surface area contributed by atoms with Crippen LogP contribution in [-0.4, -0.2) is 12.6 Å². The lowest BCUT2D eigenvalue weighted by Gasteiger charge is -2.13. The number of fused-ring (bicyclic) bond motifs is 3. The molecule has 16 heavy (non-hydrogen) atoms. The smallest absolute Gasteiger partial charge is 0.317 e. The normalized spacial score (nSPS) is 29.6. The average molecular weight is 214 g/mol. The second-order valence-corrected chi connectivity index (χ2v) is 4.51. The fraction of sp³-hybridized carbons (Fsp3) is 0.357. The number of hydrogen-bond acceptors (Lipinski definition) is 2. The van der Waals surface area contributed by atoms with Gasteiger partial charge in [-0.3, -0.25) is 4.79 Å².